The number of benzene rings is 2. The van der Waals surface area contributed by atoms with E-state index < -0.39 is 5.63 Å². The number of aromatic nitrogens is 2. The van der Waals surface area contributed by atoms with Gasteiger partial charge >= 0.3 is 5.63 Å². The van der Waals surface area contributed by atoms with Crippen LogP contribution in [0.15, 0.2) is 62.3 Å². The van der Waals surface area contributed by atoms with Gasteiger partial charge in [-0.1, -0.05) is 23.4 Å². The largest absolute Gasteiger partial charge is 0.504 e. The van der Waals surface area contributed by atoms with Gasteiger partial charge in [0.05, 0.1) is 0 Å². The number of hydrogen-bond donors (Lipinski definition) is 2. The van der Waals surface area contributed by atoms with Gasteiger partial charge in [-0.15, -0.1) is 0 Å². The molecule has 2 N–H and O–H groups in total. The molecule has 0 radical (unpaired) electrons. The Morgan fingerprint density at radius 3 is 2.62 bits per heavy atom. The van der Waals surface area contributed by atoms with E-state index in [4.69, 9.17) is 8.94 Å². The summed E-state index contributed by atoms with van der Waals surface area (Å²) in [6, 6.07) is 12.8. The molecule has 0 aliphatic carbocycles. The monoisotopic (exact) mass is 322 g/mol. The summed E-state index contributed by atoms with van der Waals surface area (Å²) in [5, 5.41) is 23.4. The average Bonchev–Trinajstić information content (AvgIpc) is 3.06. The van der Waals surface area contributed by atoms with Crippen molar-refractivity contribution in [3.05, 3.63) is 59.0 Å². The lowest BCUT2D eigenvalue weighted by atomic mass is 10.2. The molecule has 0 unspecified atom stereocenters. The van der Waals surface area contributed by atoms with Crippen LogP contribution in [0.25, 0.3) is 33.8 Å². The molecule has 4 aromatic rings. The highest BCUT2D eigenvalue weighted by atomic mass is 16.5. The molecular formula is C17H10N2O5. The number of rotatable bonds is 2. The maximum absolute atomic E-state index is 12.1. The summed E-state index contributed by atoms with van der Waals surface area (Å²) < 4.78 is 10.4. The second-order valence-electron chi connectivity index (χ2n) is 5.11. The first kappa shape index (κ1) is 14.0. The van der Waals surface area contributed by atoms with Crippen molar-refractivity contribution in [2.75, 3.05) is 0 Å². The van der Waals surface area contributed by atoms with Crippen molar-refractivity contribution in [1.82, 2.24) is 10.1 Å². The Kier molecular flexibility index (Phi) is 3.06. The van der Waals surface area contributed by atoms with Crippen molar-refractivity contribution in [3.8, 4) is 34.3 Å². The summed E-state index contributed by atoms with van der Waals surface area (Å²) in [7, 11) is 0. The number of para-hydroxylation sites is 1. The second-order valence-corrected chi connectivity index (χ2v) is 5.11. The minimum Gasteiger partial charge on any atom is -0.504 e. The summed E-state index contributed by atoms with van der Waals surface area (Å²) in [5.74, 6) is -0.369. The predicted molar refractivity (Wildman–Crippen MR) is 84.5 cm³/mol. The number of hydrogen-bond acceptors (Lipinski definition) is 7. The quantitative estimate of drug-likeness (QED) is 0.431. The third-order valence-electron chi connectivity index (χ3n) is 3.53. The molecule has 24 heavy (non-hydrogen) atoms. The minimum absolute atomic E-state index is 0.0112. The Labute approximate surface area is 134 Å². The first-order chi connectivity index (χ1) is 11.6. The van der Waals surface area contributed by atoms with Gasteiger partial charge in [-0.2, -0.15) is 4.98 Å². The van der Waals surface area contributed by atoms with Crippen LogP contribution in [0.2, 0.25) is 0 Å². The summed E-state index contributed by atoms with van der Waals surface area (Å²) in [5.41, 5.74) is 0.466. The smallest absolute Gasteiger partial charge is 0.349 e. The number of phenols is 2. The van der Waals surface area contributed by atoms with Crippen LogP contribution in [0.5, 0.6) is 11.5 Å². The lowest BCUT2D eigenvalue weighted by molar-refractivity contribution is 0.403. The third-order valence-corrected chi connectivity index (χ3v) is 3.53. The van der Waals surface area contributed by atoms with Gasteiger partial charge in [0.25, 0.3) is 5.89 Å². The molecule has 0 spiro atoms. The van der Waals surface area contributed by atoms with Crippen LogP contribution in [0.4, 0.5) is 0 Å². The van der Waals surface area contributed by atoms with Gasteiger partial charge in [-0.25, -0.2) is 4.79 Å². The molecule has 2 aromatic carbocycles. The number of phenolic OH excluding ortho intramolecular Hbond substituents is 2. The third kappa shape index (κ3) is 2.28. The van der Waals surface area contributed by atoms with E-state index in [1.165, 1.54) is 18.2 Å². The van der Waals surface area contributed by atoms with Crippen molar-refractivity contribution >= 4 is 11.0 Å². The van der Waals surface area contributed by atoms with Crippen LogP contribution in [0.1, 0.15) is 0 Å². The molecule has 4 rings (SSSR count). The molecular weight excluding hydrogens is 312 g/mol. The molecule has 2 aromatic heterocycles. The van der Waals surface area contributed by atoms with Crippen molar-refractivity contribution in [3.63, 3.8) is 0 Å². The normalized spacial score (nSPS) is 11.0. The first-order valence-electron chi connectivity index (χ1n) is 7.01. The fourth-order valence-corrected chi connectivity index (χ4v) is 2.32. The van der Waals surface area contributed by atoms with Gasteiger partial charge in [0.15, 0.2) is 11.5 Å². The number of nitrogens with zero attached hydrogens (tertiary/aromatic N) is 2. The summed E-state index contributed by atoms with van der Waals surface area (Å²) >= 11 is 0. The molecule has 0 aliphatic rings. The Hall–Kier alpha value is -3.61. The van der Waals surface area contributed by atoms with Crippen LogP contribution >= 0.6 is 0 Å². The molecule has 0 saturated heterocycles. The number of fused-ring (bicyclic) bond motifs is 1. The van der Waals surface area contributed by atoms with E-state index in [0.29, 0.717) is 11.1 Å². The lowest BCUT2D eigenvalue weighted by Crippen LogP contribution is -2.02. The standard InChI is InChI=1S/C17H10N2O5/c20-12-6-5-10(8-13(12)21)15-18-16(24-19-15)11-7-9-3-1-2-4-14(9)23-17(11)22/h1-8,20-21H. The average molecular weight is 322 g/mol. The van der Waals surface area contributed by atoms with E-state index in [-0.39, 0.29) is 28.8 Å². The molecule has 0 fully saturated rings. The maximum atomic E-state index is 12.1. The second kappa shape index (κ2) is 5.24. The molecule has 0 aliphatic heterocycles. The van der Waals surface area contributed by atoms with E-state index in [2.05, 4.69) is 10.1 Å². The van der Waals surface area contributed by atoms with E-state index in [9.17, 15) is 15.0 Å². The van der Waals surface area contributed by atoms with Crippen molar-refractivity contribution in [2.45, 2.75) is 0 Å². The van der Waals surface area contributed by atoms with Crippen LogP contribution in [-0.2, 0) is 0 Å². The highest BCUT2D eigenvalue weighted by Crippen LogP contribution is 2.30. The lowest BCUT2D eigenvalue weighted by Gasteiger charge is -1.98. The topological polar surface area (TPSA) is 110 Å². The highest BCUT2D eigenvalue weighted by molar-refractivity contribution is 5.80. The van der Waals surface area contributed by atoms with Crippen molar-refractivity contribution in [1.29, 1.82) is 0 Å². The summed E-state index contributed by atoms with van der Waals surface area (Å²) in [6.45, 7) is 0. The molecule has 0 saturated carbocycles. The molecule has 2 heterocycles. The molecule has 7 nitrogen and oxygen atoms in total. The van der Waals surface area contributed by atoms with Crippen LogP contribution in [0.3, 0.4) is 0 Å². The van der Waals surface area contributed by atoms with Gasteiger partial charge in [-0.3, -0.25) is 0 Å². The minimum atomic E-state index is -0.586. The molecule has 7 heteroatoms. The van der Waals surface area contributed by atoms with Gasteiger partial charge in [-0.05, 0) is 30.3 Å². The van der Waals surface area contributed by atoms with E-state index in [1.807, 2.05) is 6.07 Å². The fraction of sp³-hybridized carbons (Fsp3) is 0. The SMILES string of the molecule is O=c1oc2ccccc2cc1-c1nc(-c2ccc(O)c(O)c2)no1. The van der Waals surface area contributed by atoms with Crippen LogP contribution in [-0.4, -0.2) is 20.4 Å². The molecule has 0 amide bonds. The van der Waals surface area contributed by atoms with Crippen molar-refractivity contribution in [2.24, 2.45) is 0 Å². The zero-order valence-corrected chi connectivity index (χ0v) is 12.1. The van der Waals surface area contributed by atoms with Crippen LogP contribution in [0, 0.1) is 0 Å². The van der Waals surface area contributed by atoms with Crippen LogP contribution < -0.4 is 5.63 Å². The van der Waals surface area contributed by atoms with E-state index in [1.54, 1.807) is 24.3 Å². The van der Waals surface area contributed by atoms with E-state index >= 15 is 0 Å². The Morgan fingerprint density at radius 2 is 1.79 bits per heavy atom. The maximum Gasteiger partial charge on any atom is 0.349 e. The van der Waals surface area contributed by atoms with Gasteiger partial charge in [0.2, 0.25) is 5.82 Å². The van der Waals surface area contributed by atoms with Gasteiger partial charge < -0.3 is 19.2 Å². The molecule has 0 atom stereocenters. The Morgan fingerprint density at radius 1 is 0.958 bits per heavy atom. The number of aromatic hydroxyl groups is 2. The summed E-state index contributed by atoms with van der Waals surface area (Å²) in [4.78, 5) is 16.3. The highest BCUT2D eigenvalue weighted by Gasteiger charge is 2.16. The predicted octanol–water partition coefficient (Wildman–Crippen LogP) is 2.92. The first-order valence-corrected chi connectivity index (χ1v) is 7.01. The van der Waals surface area contributed by atoms with E-state index in [0.717, 1.165) is 5.39 Å². The Balaban J connectivity index is 1.81. The zero-order valence-electron chi connectivity index (χ0n) is 12.1. The molecule has 118 valence electrons. The zero-order chi connectivity index (χ0) is 16.7. The molecule has 0 bridgehead atoms. The summed E-state index contributed by atoms with van der Waals surface area (Å²) in [6.07, 6.45) is 0. The fourth-order valence-electron chi connectivity index (χ4n) is 2.32. The van der Waals surface area contributed by atoms with Gasteiger partial charge in [0, 0.05) is 10.9 Å². The Bertz CT molecular complexity index is 1110. The van der Waals surface area contributed by atoms with Gasteiger partial charge in [0.1, 0.15) is 11.1 Å². The van der Waals surface area contributed by atoms with Crippen molar-refractivity contribution < 1.29 is 19.2 Å².